The highest BCUT2D eigenvalue weighted by molar-refractivity contribution is 5.03. The standard InChI is InChI=1S/C13H21N3/c1(11-5-7-14-8-6-11)2-13-9-15-10-16(13)12-3-4-12/h9-12,14H,1-8H2. The molecule has 0 bridgehead atoms. The van der Waals surface area contributed by atoms with Gasteiger partial charge in [0.15, 0.2) is 0 Å². The Labute approximate surface area is 97.3 Å². The van der Waals surface area contributed by atoms with Crippen LogP contribution in [-0.4, -0.2) is 22.6 Å². The third kappa shape index (κ3) is 2.29. The maximum Gasteiger partial charge on any atom is 0.0950 e. The highest BCUT2D eigenvalue weighted by atomic mass is 15.1. The molecule has 3 rings (SSSR count). The molecule has 1 aromatic heterocycles. The van der Waals surface area contributed by atoms with Crippen LogP contribution in [0.2, 0.25) is 0 Å². The van der Waals surface area contributed by atoms with Gasteiger partial charge >= 0.3 is 0 Å². The Hall–Kier alpha value is -0.830. The quantitative estimate of drug-likeness (QED) is 0.841. The summed E-state index contributed by atoms with van der Waals surface area (Å²) in [7, 11) is 0. The summed E-state index contributed by atoms with van der Waals surface area (Å²) in [5, 5.41) is 3.43. The third-order valence-electron chi connectivity index (χ3n) is 3.95. The lowest BCUT2D eigenvalue weighted by Crippen LogP contribution is -2.28. The highest BCUT2D eigenvalue weighted by Crippen LogP contribution is 2.36. The van der Waals surface area contributed by atoms with Crippen LogP contribution in [0.1, 0.15) is 43.8 Å². The number of nitrogens with one attached hydrogen (secondary N) is 1. The smallest absolute Gasteiger partial charge is 0.0950 e. The first-order chi connectivity index (χ1) is 7.93. The van der Waals surface area contributed by atoms with Crippen LogP contribution in [0.5, 0.6) is 0 Å². The van der Waals surface area contributed by atoms with Gasteiger partial charge in [0.1, 0.15) is 0 Å². The lowest BCUT2D eigenvalue weighted by Gasteiger charge is -2.22. The molecule has 2 aliphatic rings. The molecular formula is C13H21N3. The van der Waals surface area contributed by atoms with Gasteiger partial charge in [-0.1, -0.05) is 0 Å². The van der Waals surface area contributed by atoms with Crippen LogP contribution in [0.25, 0.3) is 0 Å². The topological polar surface area (TPSA) is 29.9 Å². The molecule has 16 heavy (non-hydrogen) atoms. The summed E-state index contributed by atoms with van der Waals surface area (Å²) in [6.45, 7) is 2.43. The van der Waals surface area contributed by atoms with E-state index in [2.05, 4.69) is 21.1 Å². The molecule has 0 unspecified atom stereocenters. The molecule has 0 spiro atoms. The molecule has 1 saturated carbocycles. The van der Waals surface area contributed by atoms with Crippen LogP contribution in [0, 0.1) is 5.92 Å². The van der Waals surface area contributed by atoms with E-state index in [4.69, 9.17) is 0 Å². The van der Waals surface area contributed by atoms with Crippen molar-refractivity contribution >= 4 is 0 Å². The van der Waals surface area contributed by atoms with E-state index >= 15 is 0 Å². The molecule has 1 saturated heterocycles. The Morgan fingerprint density at radius 1 is 1.25 bits per heavy atom. The van der Waals surface area contributed by atoms with E-state index in [9.17, 15) is 0 Å². The molecule has 1 aliphatic heterocycles. The molecule has 2 heterocycles. The zero-order chi connectivity index (χ0) is 10.8. The Morgan fingerprint density at radius 3 is 2.81 bits per heavy atom. The largest absolute Gasteiger partial charge is 0.332 e. The number of piperidine rings is 1. The third-order valence-corrected chi connectivity index (χ3v) is 3.95. The minimum Gasteiger partial charge on any atom is -0.332 e. The first kappa shape index (κ1) is 10.3. The summed E-state index contributed by atoms with van der Waals surface area (Å²) in [6, 6.07) is 0.783. The summed E-state index contributed by atoms with van der Waals surface area (Å²) in [6.07, 6.45) is 12.1. The molecule has 1 aromatic rings. The monoisotopic (exact) mass is 219 g/mol. The summed E-state index contributed by atoms with van der Waals surface area (Å²) in [5.41, 5.74) is 1.46. The average Bonchev–Trinajstić information content (AvgIpc) is 3.07. The van der Waals surface area contributed by atoms with E-state index in [1.54, 1.807) is 0 Å². The normalized spacial score (nSPS) is 22.5. The zero-order valence-corrected chi connectivity index (χ0v) is 9.86. The van der Waals surface area contributed by atoms with Crippen molar-refractivity contribution in [2.75, 3.05) is 13.1 Å². The van der Waals surface area contributed by atoms with Gasteiger partial charge in [-0.2, -0.15) is 0 Å². The molecule has 3 nitrogen and oxygen atoms in total. The summed E-state index contributed by atoms with van der Waals surface area (Å²) >= 11 is 0. The molecule has 88 valence electrons. The van der Waals surface area contributed by atoms with Gasteiger partial charge in [-0.25, -0.2) is 4.98 Å². The van der Waals surface area contributed by atoms with Crippen LogP contribution >= 0.6 is 0 Å². The number of hydrogen-bond acceptors (Lipinski definition) is 2. The van der Waals surface area contributed by atoms with Gasteiger partial charge in [-0.15, -0.1) is 0 Å². The minimum atomic E-state index is 0.783. The van der Waals surface area contributed by atoms with Crippen LogP contribution in [0.4, 0.5) is 0 Å². The van der Waals surface area contributed by atoms with Gasteiger partial charge in [-0.05, 0) is 57.5 Å². The maximum atomic E-state index is 4.30. The molecule has 0 amide bonds. The Balaban J connectivity index is 1.54. The molecule has 1 N–H and O–H groups in total. The number of imidazole rings is 1. The minimum absolute atomic E-state index is 0.783. The second-order valence-electron chi connectivity index (χ2n) is 5.26. The highest BCUT2D eigenvalue weighted by Gasteiger charge is 2.25. The SMILES string of the molecule is c1ncn(C2CC2)c1CCC1CCNCC1. The van der Waals surface area contributed by atoms with Crippen molar-refractivity contribution in [3.63, 3.8) is 0 Å². The van der Waals surface area contributed by atoms with Gasteiger partial charge < -0.3 is 9.88 Å². The van der Waals surface area contributed by atoms with Gasteiger partial charge in [0.25, 0.3) is 0 Å². The van der Waals surface area contributed by atoms with Crippen molar-refractivity contribution in [2.24, 2.45) is 5.92 Å². The van der Waals surface area contributed by atoms with Gasteiger partial charge in [0.2, 0.25) is 0 Å². The van der Waals surface area contributed by atoms with Crippen molar-refractivity contribution in [1.82, 2.24) is 14.9 Å². The summed E-state index contributed by atoms with van der Waals surface area (Å²) in [5.74, 6) is 0.934. The molecule has 1 aliphatic carbocycles. The predicted octanol–water partition coefficient (Wildman–Crippen LogP) is 2.15. The molecule has 0 atom stereocenters. The maximum absolute atomic E-state index is 4.30. The lowest BCUT2D eigenvalue weighted by atomic mass is 9.92. The number of aryl methyl sites for hydroxylation is 1. The first-order valence-corrected chi connectivity index (χ1v) is 6.65. The van der Waals surface area contributed by atoms with E-state index < -0.39 is 0 Å². The van der Waals surface area contributed by atoms with Crippen molar-refractivity contribution in [1.29, 1.82) is 0 Å². The fraction of sp³-hybridized carbons (Fsp3) is 0.769. The van der Waals surface area contributed by atoms with E-state index in [1.807, 2.05) is 6.33 Å². The number of aromatic nitrogens is 2. The van der Waals surface area contributed by atoms with Crippen molar-refractivity contribution < 1.29 is 0 Å². The van der Waals surface area contributed by atoms with Gasteiger partial charge in [-0.3, -0.25) is 0 Å². The lowest BCUT2D eigenvalue weighted by molar-refractivity contribution is 0.352. The Kier molecular flexibility index (Phi) is 2.96. The van der Waals surface area contributed by atoms with E-state index in [1.165, 1.54) is 57.3 Å². The van der Waals surface area contributed by atoms with E-state index in [-0.39, 0.29) is 0 Å². The summed E-state index contributed by atoms with van der Waals surface area (Å²) in [4.78, 5) is 4.30. The molecular weight excluding hydrogens is 198 g/mol. The molecule has 3 heteroatoms. The summed E-state index contributed by atoms with van der Waals surface area (Å²) < 4.78 is 2.40. The number of hydrogen-bond donors (Lipinski definition) is 1. The predicted molar refractivity (Wildman–Crippen MR) is 64.4 cm³/mol. The molecule has 2 fully saturated rings. The van der Waals surface area contributed by atoms with Gasteiger partial charge in [0.05, 0.1) is 6.33 Å². The first-order valence-electron chi connectivity index (χ1n) is 6.65. The fourth-order valence-corrected chi connectivity index (χ4v) is 2.73. The Morgan fingerprint density at radius 2 is 2.06 bits per heavy atom. The number of nitrogens with zero attached hydrogens (tertiary/aromatic N) is 2. The van der Waals surface area contributed by atoms with Crippen LogP contribution in [0.15, 0.2) is 12.5 Å². The van der Waals surface area contributed by atoms with Crippen LogP contribution < -0.4 is 5.32 Å². The van der Waals surface area contributed by atoms with Crippen molar-refractivity contribution in [3.8, 4) is 0 Å². The van der Waals surface area contributed by atoms with Crippen molar-refractivity contribution in [3.05, 3.63) is 18.2 Å². The molecule has 0 aromatic carbocycles. The van der Waals surface area contributed by atoms with Crippen LogP contribution in [0.3, 0.4) is 0 Å². The molecule has 0 radical (unpaired) electrons. The number of rotatable bonds is 4. The second-order valence-corrected chi connectivity index (χ2v) is 5.26. The van der Waals surface area contributed by atoms with Crippen molar-refractivity contribution in [2.45, 2.75) is 44.6 Å². The zero-order valence-electron chi connectivity index (χ0n) is 9.86. The average molecular weight is 219 g/mol. The van der Waals surface area contributed by atoms with E-state index in [0.717, 1.165) is 12.0 Å². The second kappa shape index (κ2) is 4.58. The Bertz CT molecular complexity index is 335. The van der Waals surface area contributed by atoms with E-state index in [0.29, 0.717) is 0 Å². The van der Waals surface area contributed by atoms with Crippen LogP contribution in [-0.2, 0) is 6.42 Å². The van der Waals surface area contributed by atoms with Gasteiger partial charge in [0, 0.05) is 17.9 Å². The fourth-order valence-electron chi connectivity index (χ4n) is 2.73.